The van der Waals surface area contributed by atoms with Gasteiger partial charge in [-0.2, -0.15) is 18.3 Å². The van der Waals surface area contributed by atoms with Crippen LogP contribution in [0.25, 0.3) is 0 Å². The number of nitrogens with zero attached hydrogens (tertiary/aromatic N) is 3. The SMILES string of the molecule is CCn1ncc(NC(=O)Cc2ccc(Oc3ccc(C(F)(F)F)cn3)c(OC)c2)c1Br. The van der Waals surface area contributed by atoms with E-state index in [1.165, 1.54) is 7.11 Å². The Hall–Kier alpha value is -3.08. The summed E-state index contributed by atoms with van der Waals surface area (Å²) in [6, 6.07) is 6.84. The highest BCUT2D eigenvalue weighted by Gasteiger charge is 2.30. The number of hydrogen-bond acceptors (Lipinski definition) is 5. The molecule has 0 atom stereocenters. The van der Waals surface area contributed by atoms with Gasteiger partial charge in [0.05, 0.1) is 31.0 Å². The summed E-state index contributed by atoms with van der Waals surface area (Å²) in [5, 5.41) is 6.92. The number of ether oxygens (including phenoxy) is 2. The van der Waals surface area contributed by atoms with Gasteiger partial charge in [-0.05, 0) is 46.6 Å². The summed E-state index contributed by atoms with van der Waals surface area (Å²) in [5.41, 5.74) is 0.345. The largest absolute Gasteiger partial charge is 0.493 e. The van der Waals surface area contributed by atoms with E-state index in [2.05, 4.69) is 31.3 Å². The lowest BCUT2D eigenvalue weighted by molar-refractivity contribution is -0.137. The van der Waals surface area contributed by atoms with Crippen molar-refractivity contribution in [2.45, 2.75) is 26.1 Å². The van der Waals surface area contributed by atoms with Crippen molar-refractivity contribution >= 4 is 27.5 Å². The molecule has 1 N–H and O–H groups in total. The number of nitrogens with one attached hydrogen (secondary N) is 1. The first kappa shape index (κ1) is 22.6. The number of halogens is 4. The molecule has 0 aliphatic heterocycles. The van der Waals surface area contributed by atoms with E-state index in [1.807, 2.05) is 6.92 Å². The van der Waals surface area contributed by atoms with Crippen molar-refractivity contribution in [3.63, 3.8) is 0 Å². The van der Waals surface area contributed by atoms with E-state index in [0.717, 1.165) is 12.1 Å². The number of amides is 1. The number of carbonyl (C=O) groups excluding carboxylic acids is 1. The molecule has 1 amide bonds. The Balaban J connectivity index is 1.69. The van der Waals surface area contributed by atoms with Crippen LogP contribution in [0.5, 0.6) is 17.4 Å². The molecule has 7 nitrogen and oxygen atoms in total. The average Bonchev–Trinajstić information content (AvgIpc) is 3.08. The van der Waals surface area contributed by atoms with Crippen LogP contribution >= 0.6 is 15.9 Å². The van der Waals surface area contributed by atoms with Crippen molar-refractivity contribution in [2.75, 3.05) is 12.4 Å². The zero-order valence-corrected chi connectivity index (χ0v) is 18.1. The van der Waals surface area contributed by atoms with Gasteiger partial charge < -0.3 is 14.8 Å². The molecule has 0 saturated carbocycles. The number of methoxy groups -OCH3 is 1. The van der Waals surface area contributed by atoms with Crippen LogP contribution in [-0.4, -0.2) is 27.8 Å². The maximum absolute atomic E-state index is 12.7. The Morgan fingerprint density at radius 2 is 1.97 bits per heavy atom. The minimum atomic E-state index is -4.48. The molecule has 1 aromatic carbocycles. The molecule has 0 radical (unpaired) electrons. The quantitative estimate of drug-likeness (QED) is 0.492. The lowest BCUT2D eigenvalue weighted by atomic mass is 10.1. The van der Waals surface area contributed by atoms with Crippen molar-refractivity contribution in [3.8, 4) is 17.4 Å². The Bertz CT molecular complexity index is 1070. The van der Waals surface area contributed by atoms with Crippen molar-refractivity contribution in [2.24, 2.45) is 0 Å². The Morgan fingerprint density at radius 1 is 1.19 bits per heavy atom. The van der Waals surface area contributed by atoms with E-state index in [1.54, 1.807) is 29.1 Å². The van der Waals surface area contributed by atoms with Gasteiger partial charge in [0.2, 0.25) is 11.8 Å². The second-order valence-corrected chi connectivity index (χ2v) is 7.11. The van der Waals surface area contributed by atoms with Gasteiger partial charge in [0, 0.05) is 18.8 Å². The third kappa shape index (κ3) is 5.54. The number of benzene rings is 1. The second kappa shape index (κ2) is 9.38. The van der Waals surface area contributed by atoms with Gasteiger partial charge in [0.15, 0.2) is 11.5 Å². The monoisotopic (exact) mass is 498 g/mol. The van der Waals surface area contributed by atoms with E-state index in [0.29, 0.717) is 34.3 Å². The van der Waals surface area contributed by atoms with Crippen LogP contribution in [0, 0.1) is 0 Å². The highest BCUT2D eigenvalue weighted by atomic mass is 79.9. The fourth-order valence-electron chi connectivity index (χ4n) is 2.68. The molecule has 2 heterocycles. The third-order valence-corrected chi connectivity index (χ3v) is 5.06. The van der Waals surface area contributed by atoms with Gasteiger partial charge in [-0.1, -0.05) is 6.07 Å². The number of anilines is 1. The van der Waals surface area contributed by atoms with Crippen molar-refractivity contribution < 1.29 is 27.4 Å². The topological polar surface area (TPSA) is 78.3 Å². The van der Waals surface area contributed by atoms with Crippen LogP contribution in [0.3, 0.4) is 0 Å². The highest BCUT2D eigenvalue weighted by molar-refractivity contribution is 9.10. The molecule has 0 saturated heterocycles. The molecule has 3 rings (SSSR count). The van der Waals surface area contributed by atoms with Gasteiger partial charge in [-0.25, -0.2) is 4.98 Å². The standard InChI is InChI=1S/C20H18BrF3N4O3/c1-3-28-19(21)14(11-26-28)27-17(29)9-12-4-6-15(16(8-12)30-2)31-18-7-5-13(10-25-18)20(22,23)24/h4-8,10-11H,3,9H2,1-2H3,(H,27,29). The number of alkyl halides is 3. The summed E-state index contributed by atoms with van der Waals surface area (Å²) in [4.78, 5) is 16.1. The minimum Gasteiger partial charge on any atom is -0.493 e. The predicted molar refractivity (Wildman–Crippen MR) is 110 cm³/mol. The summed E-state index contributed by atoms with van der Waals surface area (Å²) in [5.74, 6) is 0.295. The van der Waals surface area contributed by atoms with Crippen LogP contribution < -0.4 is 14.8 Å². The summed E-state index contributed by atoms with van der Waals surface area (Å²) in [6.45, 7) is 2.59. The van der Waals surface area contributed by atoms with Crippen LogP contribution in [-0.2, 0) is 23.9 Å². The van der Waals surface area contributed by atoms with Crippen LogP contribution in [0.4, 0.5) is 18.9 Å². The maximum atomic E-state index is 12.7. The Labute approximate surface area is 184 Å². The fourth-order valence-corrected chi connectivity index (χ4v) is 3.23. The molecule has 0 unspecified atom stereocenters. The molecule has 0 aliphatic rings. The van der Waals surface area contributed by atoms with Crippen molar-refractivity contribution in [3.05, 3.63) is 58.5 Å². The Kier molecular flexibility index (Phi) is 6.84. The lowest BCUT2D eigenvalue weighted by Gasteiger charge is -2.12. The molecule has 0 spiro atoms. The summed E-state index contributed by atoms with van der Waals surface area (Å²) < 4.78 is 51.1. The highest BCUT2D eigenvalue weighted by Crippen LogP contribution is 2.34. The lowest BCUT2D eigenvalue weighted by Crippen LogP contribution is -2.14. The molecule has 31 heavy (non-hydrogen) atoms. The van der Waals surface area contributed by atoms with Crippen molar-refractivity contribution in [1.82, 2.24) is 14.8 Å². The molecule has 164 valence electrons. The van der Waals surface area contributed by atoms with Crippen LogP contribution in [0.1, 0.15) is 18.1 Å². The van der Waals surface area contributed by atoms with Crippen LogP contribution in [0.2, 0.25) is 0 Å². The van der Waals surface area contributed by atoms with E-state index in [4.69, 9.17) is 9.47 Å². The number of pyridine rings is 1. The Morgan fingerprint density at radius 3 is 2.55 bits per heavy atom. The number of carbonyl (C=O) groups is 1. The molecular weight excluding hydrogens is 481 g/mol. The second-order valence-electron chi connectivity index (χ2n) is 6.36. The fraction of sp³-hybridized carbons (Fsp3) is 0.250. The van der Waals surface area contributed by atoms with Crippen molar-refractivity contribution in [1.29, 1.82) is 0 Å². The number of rotatable bonds is 7. The van der Waals surface area contributed by atoms with E-state index in [9.17, 15) is 18.0 Å². The zero-order valence-electron chi connectivity index (χ0n) is 16.5. The number of hydrogen-bond donors (Lipinski definition) is 1. The molecule has 3 aromatic rings. The molecule has 0 bridgehead atoms. The van der Waals surface area contributed by atoms with Gasteiger partial charge in [0.1, 0.15) is 4.60 Å². The number of aromatic nitrogens is 3. The minimum absolute atomic E-state index is 0.0189. The van der Waals surface area contributed by atoms with E-state index in [-0.39, 0.29) is 24.0 Å². The van der Waals surface area contributed by atoms with Gasteiger partial charge in [0.25, 0.3) is 0 Å². The number of aryl methyl sites for hydroxylation is 1. The summed E-state index contributed by atoms with van der Waals surface area (Å²) in [6.07, 6.45) is -2.16. The first-order chi connectivity index (χ1) is 14.7. The smallest absolute Gasteiger partial charge is 0.417 e. The normalized spacial score (nSPS) is 11.3. The van der Waals surface area contributed by atoms with E-state index >= 15 is 0 Å². The predicted octanol–water partition coefficient (Wildman–Crippen LogP) is 5.06. The first-order valence-corrected chi connectivity index (χ1v) is 9.89. The third-order valence-electron chi connectivity index (χ3n) is 4.22. The summed E-state index contributed by atoms with van der Waals surface area (Å²) >= 11 is 3.39. The average molecular weight is 499 g/mol. The maximum Gasteiger partial charge on any atom is 0.417 e. The first-order valence-electron chi connectivity index (χ1n) is 9.10. The molecule has 0 aliphatic carbocycles. The molecule has 0 fully saturated rings. The van der Waals surface area contributed by atoms with Gasteiger partial charge in [-0.15, -0.1) is 0 Å². The summed E-state index contributed by atoms with van der Waals surface area (Å²) in [7, 11) is 1.42. The molecule has 2 aromatic heterocycles. The van der Waals surface area contributed by atoms with Gasteiger partial charge >= 0.3 is 6.18 Å². The zero-order chi connectivity index (χ0) is 22.6. The molecular formula is C20H18BrF3N4O3. The molecule has 11 heteroatoms. The van der Waals surface area contributed by atoms with Crippen LogP contribution in [0.15, 0.2) is 47.3 Å². The van der Waals surface area contributed by atoms with E-state index < -0.39 is 11.7 Å². The van der Waals surface area contributed by atoms with Gasteiger partial charge in [-0.3, -0.25) is 9.48 Å².